The molecule has 0 radical (unpaired) electrons. The quantitative estimate of drug-likeness (QED) is 0.460. The van der Waals surface area contributed by atoms with E-state index in [4.69, 9.17) is 9.47 Å². The molecule has 6 heteroatoms. The number of nitrogens with one attached hydrogen (secondary N) is 1. The van der Waals surface area contributed by atoms with Crippen LogP contribution in [0.3, 0.4) is 0 Å². The number of hydrogen-bond donors (Lipinski definition) is 1. The van der Waals surface area contributed by atoms with Gasteiger partial charge in [-0.15, -0.1) is 0 Å². The van der Waals surface area contributed by atoms with Crippen LogP contribution in [0.4, 0.5) is 0 Å². The second-order valence-electron chi connectivity index (χ2n) is 10.5. The number of amides is 1. The highest BCUT2D eigenvalue weighted by atomic mass is 16.5. The summed E-state index contributed by atoms with van der Waals surface area (Å²) in [5.41, 5.74) is 1.07. The van der Waals surface area contributed by atoms with E-state index in [1.54, 1.807) is 19.1 Å². The molecule has 36 heavy (non-hydrogen) atoms. The highest BCUT2D eigenvalue weighted by molar-refractivity contribution is 5.93. The minimum absolute atomic E-state index is 0.0137. The molecule has 1 saturated carbocycles. The van der Waals surface area contributed by atoms with E-state index in [1.807, 2.05) is 13.0 Å². The molecule has 1 aliphatic heterocycles. The van der Waals surface area contributed by atoms with Crippen LogP contribution in [0.25, 0.3) is 0 Å². The van der Waals surface area contributed by atoms with Crippen molar-refractivity contribution in [2.45, 2.75) is 77.8 Å². The first kappa shape index (κ1) is 26.5. The molecule has 3 aliphatic rings. The molecule has 3 atom stereocenters. The Morgan fingerprint density at radius 2 is 1.86 bits per heavy atom. The molecule has 0 aromatic heterocycles. The Balaban J connectivity index is 1.52. The van der Waals surface area contributed by atoms with Gasteiger partial charge >= 0.3 is 5.97 Å². The molecule has 2 aliphatic carbocycles. The molecule has 4 rings (SSSR count). The fourth-order valence-corrected chi connectivity index (χ4v) is 6.03. The van der Waals surface area contributed by atoms with Crippen LogP contribution in [-0.2, 0) is 16.0 Å². The molecule has 1 N–H and O–H groups in total. The maximum atomic E-state index is 13.4. The smallest absolute Gasteiger partial charge is 0.341 e. The summed E-state index contributed by atoms with van der Waals surface area (Å²) in [6.07, 6.45) is 16.6. The van der Waals surface area contributed by atoms with E-state index in [0.717, 1.165) is 31.5 Å². The molecule has 0 bridgehead atoms. The Morgan fingerprint density at radius 3 is 2.53 bits per heavy atom. The molecular weight excluding hydrogens is 452 g/mol. The molecule has 0 spiro atoms. The zero-order valence-corrected chi connectivity index (χ0v) is 22.1. The number of nitrogens with zero attached hydrogens (tertiary/aromatic N) is 1. The van der Waals surface area contributed by atoms with E-state index in [2.05, 4.69) is 41.4 Å². The van der Waals surface area contributed by atoms with Crippen LogP contribution in [0.5, 0.6) is 5.75 Å². The predicted molar refractivity (Wildman–Crippen MR) is 142 cm³/mol. The van der Waals surface area contributed by atoms with Crippen molar-refractivity contribution in [2.24, 2.45) is 11.3 Å². The molecular formula is C30H42N2O4. The number of carbonyl (C=O) groups is 2. The number of esters is 1. The number of rotatable bonds is 10. The van der Waals surface area contributed by atoms with Crippen LogP contribution in [0.1, 0.15) is 75.2 Å². The Hall–Kier alpha value is -2.60. The van der Waals surface area contributed by atoms with Crippen molar-refractivity contribution < 1.29 is 19.1 Å². The first-order chi connectivity index (χ1) is 17.5. The first-order valence-electron chi connectivity index (χ1n) is 13.8. The predicted octanol–water partition coefficient (Wildman–Crippen LogP) is 5.08. The number of ether oxygens (including phenoxy) is 2. The highest BCUT2D eigenvalue weighted by Gasteiger charge is 2.47. The van der Waals surface area contributed by atoms with Crippen LogP contribution in [0.2, 0.25) is 0 Å². The standard InChI is InChI=1S/C30H42N2O4/c1-4-35-25-20-22(15-16-24(25)29(34)36-5-2)21-27(33)31-28(23-12-11-13-23)30(3)17-8-7-14-26(30)32-18-9-6-10-19-32/h7-8,14-17,20,23,26,28H,4-6,9-13,18-19,21H2,1-3H3,(H,31,33). The largest absolute Gasteiger partial charge is 0.493 e. The molecule has 1 saturated heterocycles. The molecule has 1 aromatic rings. The summed E-state index contributed by atoms with van der Waals surface area (Å²) in [6, 6.07) is 5.71. The molecule has 2 fully saturated rings. The lowest BCUT2D eigenvalue weighted by atomic mass is 9.63. The monoisotopic (exact) mass is 494 g/mol. The average Bonchev–Trinajstić information content (AvgIpc) is 2.84. The summed E-state index contributed by atoms with van der Waals surface area (Å²) >= 11 is 0. The summed E-state index contributed by atoms with van der Waals surface area (Å²) in [6.45, 7) is 8.97. The van der Waals surface area contributed by atoms with Gasteiger partial charge in [0.1, 0.15) is 11.3 Å². The SMILES string of the molecule is CCOC(=O)c1ccc(CC(=O)NC(C2CCC2)C2(C)C=CC=CC2N2CCCCC2)cc1OCC. The third kappa shape index (κ3) is 5.86. The maximum Gasteiger partial charge on any atom is 0.341 e. The third-order valence-corrected chi connectivity index (χ3v) is 8.09. The number of hydrogen-bond acceptors (Lipinski definition) is 5. The Labute approximate surface area is 216 Å². The van der Waals surface area contributed by atoms with Gasteiger partial charge in [-0.25, -0.2) is 4.79 Å². The lowest BCUT2D eigenvalue weighted by molar-refractivity contribution is -0.123. The molecule has 3 unspecified atom stereocenters. The first-order valence-corrected chi connectivity index (χ1v) is 13.8. The topological polar surface area (TPSA) is 67.9 Å². The number of allylic oxidation sites excluding steroid dienone is 2. The van der Waals surface area contributed by atoms with Crippen molar-refractivity contribution in [1.82, 2.24) is 10.2 Å². The van der Waals surface area contributed by atoms with Crippen molar-refractivity contribution >= 4 is 11.9 Å². The molecule has 1 amide bonds. The number of piperidine rings is 1. The van der Waals surface area contributed by atoms with Crippen molar-refractivity contribution in [3.05, 3.63) is 53.6 Å². The Bertz CT molecular complexity index is 977. The zero-order chi connectivity index (χ0) is 25.5. The van der Waals surface area contributed by atoms with Gasteiger partial charge in [0.05, 0.1) is 19.6 Å². The van der Waals surface area contributed by atoms with E-state index in [0.29, 0.717) is 36.5 Å². The van der Waals surface area contributed by atoms with E-state index in [-0.39, 0.29) is 23.8 Å². The summed E-state index contributed by atoms with van der Waals surface area (Å²) < 4.78 is 10.9. The number of likely N-dealkylation sites (tertiary alicyclic amines) is 1. The van der Waals surface area contributed by atoms with Gasteiger partial charge in [-0.05, 0) is 76.2 Å². The van der Waals surface area contributed by atoms with Gasteiger partial charge in [-0.1, -0.05) is 50.1 Å². The second-order valence-corrected chi connectivity index (χ2v) is 10.5. The van der Waals surface area contributed by atoms with Gasteiger partial charge in [0.15, 0.2) is 0 Å². The zero-order valence-electron chi connectivity index (χ0n) is 22.1. The van der Waals surface area contributed by atoms with Crippen LogP contribution < -0.4 is 10.1 Å². The van der Waals surface area contributed by atoms with Gasteiger partial charge in [0, 0.05) is 17.5 Å². The molecule has 1 heterocycles. The maximum absolute atomic E-state index is 13.4. The van der Waals surface area contributed by atoms with Crippen molar-refractivity contribution in [3.8, 4) is 5.75 Å². The summed E-state index contributed by atoms with van der Waals surface area (Å²) in [5, 5.41) is 3.47. The van der Waals surface area contributed by atoms with Gasteiger partial charge in [-0.2, -0.15) is 0 Å². The van der Waals surface area contributed by atoms with E-state index < -0.39 is 5.97 Å². The van der Waals surface area contributed by atoms with Crippen LogP contribution in [0.15, 0.2) is 42.5 Å². The van der Waals surface area contributed by atoms with E-state index >= 15 is 0 Å². The van der Waals surface area contributed by atoms with Gasteiger partial charge in [0.2, 0.25) is 5.91 Å². The number of benzene rings is 1. The molecule has 1 aromatic carbocycles. The third-order valence-electron chi connectivity index (χ3n) is 8.09. The fraction of sp³-hybridized carbons (Fsp3) is 0.600. The lowest BCUT2D eigenvalue weighted by Crippen LogP contribution is -2.60. The van der Waals surface area contributed by atoms with Crippen molar-refractivity contribution in [2.75, 3.05) is 26.3 Å². The van der Waals surface area contributed by atoms with Crippen LogP contribution in [0, 0.1) is 11.3 Å². The molecule has 6 nitrogen and oxygen atoms in total. The Kier molecular flexibility index (Phi) is 8.89. The average molecular weight is 495 g/mol. The summed E-state index contributed by atoms with van der Waals surface area (Å²) in [7, 11) is 0. The van der Waals surface area contributed by atoms with Crippen molar-refractivity contribution in [3.63, 3.8) is 0 Å². The summed E-state index contributed by atoms with van der Waals surface area (Å²) in [5.74, 6) is 0.567. The van der Waals surface area contributed by atoms with Crippen LogP contribution >= 0.6 is 0 Å². The number of carbonyl (C=O) groups excluding carboxylic acids is 2. The normalized spacial score (nSPS) is 25.1. The molecule has 196 valence electrons. The second kappa shape index (κ2) is 12.1. The Morgan fingerprint density at radius 1 is 1.08 bits per heavy atom. The highest BCUT2D eigenvalue weighted by Crippen LogP contribution is 2.44. The van der Waals surface area contributed by atoms with Gasteiger partial charge < -0.3 is 14.8 Å². The minimum atomic E-state index is -0.407. The minimum Gasteiger partial charge on any atom is -0.493 e. The summed E-state index contributed by atoms with van der Waals surface area (Å²) in [4.78, 5) is 28.3. The van der Waals surface area contributed by atoms with Crippen LogP contribution in [-0.4, -0.2) is 55.2 Å². The van der Waals surface area contributed by atoms with E-state index in [9.17, 15) is 9.59 Å². The fourth-order valence-electron chi connectivity index (χ4n) is 6.03. The van der Waals surface area contributed by atoms with E-state index in [1.165, 1.54) is 25.7 Å². The van der Waals surface area contributed by atoms with Crippen molar-refractivity contribution in [1.29, 1.82) is 0 Å². The van der Waals surface area contributed by atoms with Gasteiger partial charge in [-0.3, -0.25) is 9.69 Å². The lowest BCUT2D eigenvalue weighted by Gasteiger charge is -2.51. The van der Waals surface area contributed by atoms with Gasteiger partial charge in [0.25, 0.3) is 0 Å².